The van der Waals surface area contributed by atoms with Gasteiger partial charge in [0, 0.05) is 31.7 Å². The van der Waals surface area contributed by atoms with Crippen molar-refractivity contribution in [1.29, 1.82) is 0 Å². The quantitative estimate of drug-likeness (QED) is 0.926. The molecule has 2 aromatic heterocycles. The van der Waals surface area contributed by atoms with Crippen LogP contribution in [0.5, 0.6) is 0 Å². The van der Waals surface area contributed by atoms with Crippen LogP contribution in [0.2, 0.25) is 0 Å². The van der Waals surface area contributed by atoms with E-state index >= 15 is 0 Å². The minimum atomic E-state index is 0.243. The molecule has 112 valence electrons. The number of hydrogen-bond donors (Lipinski definition) is 1. The van der Waals surface area contributed by atoms with Crippen LogP contribution in [0.4, 0.5) is 5.82 Å². The van der Waals surface area contributed by atoms with Crippen molar-refractivity contribution in [2.45, 2.75) is 38.6 Å². The lowest BCUT2D eigenvalue weighted by Gasteiger charge is -2.31. The molecule has 2 aromatic rings. The monoisotopic (exact) mass is 287 g/mol. The Kier molecular flexibility index (Phi) is 4.15. The highest BCUT2D eigenvalue weighted by molar-refractivity contribution is 5.54. The van der Waals surface area contributed by atoms with Gasteiger partial charge in [0.15, 0.2) is 5.82 Å². The van der Waals surface area contributed by atoms with Crippen molar-refractivity contribution in [3.8, 4) is 11.5 Å². The van der Waals surface area contributed by atoms with Gasteiger partial charge < -0.3 is 15.2 Å². The van der Waals surface area contributed by atoms with Crippen molar-refractivity contribution in [2.75, 3.05) is 18.0 Å². The third kappa shape index (κ3) is 3.21. The summed E-state index contributed by atoms with van der Waals surface area (Å²) < 4.78 is 5.27. The topological polar surface area (TPSA) is 81.1 Å². The molecular formula is C15H21N5O. The van der Waals surface area contributed by atoms with Gasteiger partial charge in [-0.2, -0.15) is 4.98 Å². The van der Waals surface area contributed by atoms with E-state index < -0.39 is 0 Å². The van der Waals surface area contributed by atoms with E-state index in [1.807, 2.05) is 12.1 Å². The lowest BCUT2D eigenvalue weighted by atomic mass is 10.1. The second-order valence-electron chi connectivity index (χ2n) is 5.52. The highest BCUT2D eigenvalue weighted by Gasteiger charge is 2.18. The van der Waals surface area contributed by atoms with Gasteiger partial charge in [-0.05, 0) is 31.4 Å². The number of pyridine rings is 1. The Morgan fingerprint density at radius 2 is 2.33 bits per heavy atom. The number of aryl methyl sites for hydroxylation is 1. The van der Waals surface area contributed by atoms with Crippen LogP contribution in [-0.4, -0.2) is 34.3 Å². The summed E-state index contributed by atoms with van der Waals surface area (Å²) >= 11 is 0. The first-order valence-corrected chi connectivity index (χ1v) is 7.56. The van der Waals surface area contributed by atoms with Gasteiger partial charge in [0.1, 0.15) is 5.82 Å². The van der Waals surface area contributed by atoms with Crippen molar-refractivity contribution in [2.24, 2.45) is 5.73 Å². The third-order valence-corrected chi connectivity index (χ3v) is 3.72. The number of nitrogens with two attached hydrogens (primary N) is 1. The minimum absolute atomic E-state index is 0.243. The van der Waals surface area contributed by atoms with Gasteiger partial charge in [0.25, 0.3) is 5.89 Å². The summed E-state index contributed by atoms with van der Waals surface area (Å²) in [6.07, 6.45) is 5.84. The Balaban J connectivity index is 1.73. The predicted octanol–water partition coefficient (Wildman–Crippen LogP) is 2.01. The van der Waals surface area contributed by atoms with E-state index in [9.17, 15) is 0 Å². The van der Waals surface area contributed by atoms with E-state index in [2.05, 4.69) is 26.9 Å². The van der Waals surface area contributed by atoms with Crippen molar-refractivity contribution in [1.82, 2.24) is 15.1 Å². The molecule has 21 heavy (non-hydrogen) atoms. The van der Waals surface area contributed by atoms with E-state index in [-0.39, 0.29) is 6.04 Å². The fourth-order valence-corrected chi connectivity index (χ4v) is 2.61. The van der Waals surface area contributed by atoms with Gasteiger partial charge >= 0.3 is 0 Å². The van der Waals surface area contributed by atoms with E-state index in [4.69, 9.17) is 10.3 Å². The van der Waals surface area contributed by atoms with Crippen LogP contribution >= 0.6 is 0 Å². The highest BCUT2D eigenvalue weighted by Crippen LogP contribution is 2.21. The Hall–Kier alpha value is -1.95. The summed E-state index contributed by atoms with van der Waals surface area (Å²) in [7, 11) is 0. The van der Waals surface area contributed by atoms with Crippen LogP contribution < -0.4 is 10.6 Å². The zero-order valence-corrected chi connectivity index (χ0v) is 12.3. The fraction of sp³-hybridized carbons (Fsp3) is 0.533. The van der Waals surface area contributed by atoms with E-state index in [1.165, 1.54) is 0 Å². The van der Waals surface area contributed by atoms with Gasteiger partial charge in [-0.1, -0.05) is 12.1 Å². The fourth-order valence-electron chi connectivity index (χ4n) is 2.61. The molecule has 3 heterocycles. The maximum Gasteiger partial charge on any atom is 0.259 e. The molecule has 1 fully saturated rings. The predicted molar refractivity (Wildman–Crippen MR) is 80.9 cm³/mol. The van der Waals surface area contributed by atoms with Crippen molar-refractivity contribution >= 4 is 5.82 Å². The first kappa shape index (κ1) is 14.0. The van der Waals surface area contributed by atoms with Crippen molar-refractivity contribution in [3.63, 3.8) is 0 Å². The third-order valence-electron chi connectivity index (χ3n) is 3.72. The van der Waals surface area contributed by atoms with Crippen LogP contribution in [0.3, 0.4) is 0 Å². The van der Waals surface area contributed by atoms with Crippen LogP contribution in [0.1, 0.15) is 32.0 Å². The lowest BCUT2D eigenvalue weighted by Crippen LogP contribution is -2.43. The van der Waals surface area contributed by atoms with E-state index in [0.29, 0.717) is 5.89 Å². The van der Waals surface area contributed by atoms with Gasteiger partial charge in [0.2, 0.25) is 0 Å². The second kappa shape index (κ2) is 6.22. The van der Waals surface area contributed by atoms with Gasteiger partial charge in [-0.15, -0.1) is 0 Å². The SMILES string of the molecule is CCCc1noc(-c2ccc(N3CCCC(N)C3)nc2)n1. The molecule has 6 nitrogen and oxygen atoms in total. The first-order chi connectivity index (χ1) is 10.3. The zero-order valence-electron chi connectivity index (χ0n) is 12.3. The van der Waals surface area contributed by atoms with Crippen LogP contribution in [0, 0.1) is 0 Å². The molecule has 2 N–H and O–H groups in total. The molecule has 1 aliphatic rings. The van der Waals surface area contributed by atoms with Gasteiger partial charge in [-0.25, -0.2) is 4.98 Å². The molecule has 0 amide bonds. The molecule has 0 aliphatic carbocycles. The summed E-state index contributed by atoms with van der Waals surface area (Å²) in [6.45, 7) is 3.98. The Labute approximate surface area is 124 Å². The second-order valence-corrected chi connectivity index (χ2v) is 5.52. The maximum absolute atomic E-state index is 6.01. The number of nitrogens with zero attached hydrogens (tertiary/aromatic N) is 4. The molecule has 0 radical (unpaired) electrons. The zero-order chi connectivity index (χ0) is 14.7. The Morgan fingerprint density at radius 1 is 1.43 bits per heavy atom. The number of hydrogen-bond acceptors (Lipinski definition) is 6. The normalized spacial score (nSPS) is 19.0. The van der Waals surface area contributed by atoms with Gasteiger partial charge in [-0.3, -0.25) is 0 Å². The minimum Gasteiger partial charge on any atom is -0.355 e. The summed E-state index contributed by atoms with van der Waals surface area (Å²) in [6, 6.07) is 4.22. The standard InChI is InChI=1S/C15H21N5O/c1-2-4-13-18-15(21-19-13)11-6-7-14(17-9-11)20-8-3-5-12(16)10-20/h6-7,9,12H,2-5,8,10,16H2,1H3. The van der Waals surface area contributed by atoms with E-state index in [1.54, 1.807) is 6.20 Å². The molecule has 0 aromatic carbocycles. The largest absolute Gasteiger partial charge is 0.355 e. The summed E-state index contributed by atoms with van der Waals surface area (Å²) in [5, 5.41) is 3.96. The van der Waals surface area contributed by atoms with Crippen LogP contribution in [0.15, 0.2) is 22.9 Å². The molecule has 1 aliphatic heterocycles. The number of piperidine rings is 1. The first-order valence-electron chi connectivity index (χ1n) is 7.56. The van der Waals surface area contributed by atoms with Crippen molar-refractivity contribution < 1.29 is 4.52 Å². The molecule has 0 saturated carbocycles. The van der Waals surface area contributed by atoms with Crippen LogP contribution in [0.25, 0.3) is 11.5 Å². The Morgan fingerprint density at radius 3 is 3.05 bits per heavy atom. The van der Waals surface area contributed by atoms with Crippen molar-refractivity contribution in [3.05, 3.63) is 24.2 Å². The maximum atomic E-state index is 6.01. The molecule has 1 saturated heterocycles. The molecule has 1 unspecified atom stereocenters. The van der Waals surface area contributed by atoms with E-state index in [0.717, 1.165) is 56.0 Å². The molecule has 0 bridgehead atoms. The lowest BCUT2D eigenvalue weighted by molar-refractivity contribution is 0.422. The molecule has 6 heteroatoms. The molecule has 0 spiro atoms. The summed E-state index contributed by atoms with van der Waals surface area (Å²) in [5.41, 5.74) is 6.87. The molecular weight excluding hydrogens is 266 g/mol. The average Bonchev–Trinajstić information content (AvgIpc) is 2.97. The summed E-state index contributed by atoms with van der Waals surface area (Å²) in [5.74, 6) is 2.24. The summed E-state index contributed by atoms with van der Waals surface area (Å²) in [4.78, 5) is 11.1. The molecule has 3 rings (SSSR count). The van der Waals surface area contributed by atoms with Crippen LogP contribution in [-0.2, 0) is 6.42 Å². The number of anilines is 1. The average molecular weight is 287 g/mol. The molecule has 1 atom stereocenters. The smallest absolute Gasteiger partial charge is 0.259 e. The highest BCUT2D eigenvalue weighted by atomic mass is 16.5. The number of aromatic nitrogens is 3. The Bertz CT molecular complexity index is 580. The van der Waals surface area contributed by atoms with Gasteiger partial charge in [0.05, 0.1) is 5.56 Å². The number of rotatable bonds is 4.